The summed E-state index contributed by atoms with van der Waals surface area (Å²) >= 11 is 0. The van der Waals surface area contributed by atoms with Crippen LogP contribution in [-0.2, 0) is 5.11 Å². The van der Waals surface area contributed by atoms with E-state index in [0.29, 0.717) is 5.56 Å². The number of rotatable bonds is 1. The van der Waals surface area contributed by atoms with Gasteiger partial charge in [0.1, 0.15) is 0 Å². The van der Waals surface area contributed by atoms with E-state index in [2.05, 4.69) is 0 Å². The second kappa shape index (κ2) is 3.70. The Morgan fingerprint density at radius 3 is 2.57 bits per heavy atom. The SMILES string of the molecule is [O]c1cccc(C(=O)N2CCCC2)c1. The molecule has 1 heterocycles. The molecule has 0 bridgehead atoms. The Morgan fingerprint density at radius 2 is 1.93 bits per heavy atom. The number of hydrogen-bond donors (Lipinski definition) is 0. The van der Waals surface area contributed by atoms with E-state index in [-0.39, 0.29) is 11.7 Å². The summed E-state index contributed by atoms with van der Waals surface area (Å²) in [5.74, 6) is -0.116. The van der Waals surface area contributed by atoms with Crippen molar-refractivity contribution in [3.05, 3.63) is 29.8 Å². The smallest absolute Gasteiger partial charge is 0.253 e. The summed E-state index contributed by atoms with van der Waals surface area (Å²) in [6.45, 7) is 1.64. The molecule has 1 fully saturated rings. The summed E-state index contributed by atoms with van der Waals surface area (Å²) in [4.78, 5) is 13.6. The zero-order chi connectivity index (χ0) is 9.97. The van der Waals surface area contributed by atoms with Crippen LogP contribution in [0.1, 0.15) is 23.2 Å². The topological polar surface area (TPSA) is 40.2 Å². The molecule has 14 heavy (non-hydrogen) atoms. The molecule has 1 aromatic carbocycles. The van der Waals surface area contributed by atoms with Crippen molar-refractivity contribution in [3.8, 4) is 5.75 Å². The third-order valence-corrected chi connectivity index (χ3v) is 2.47. The Labute approximate surface area is 83.0 Å². The predicted molar refractivity (Wildman–Crippen MR) is 51.7 cm³/mol. The number of nitrogens with zero attached hydrogens (tertiary/aromatic N) is 1. The van der Waals surface area contributed by atoms with Crippen molar-refractivity contribution in [2.24, 2.45) is 0 Å². The minimum absolute atomic E-state index is 0.0137. The quantitative estimate of drug-likeness (QED) is 0.668. The Bertz CT molecular complexity index is 343. The molecule has 1 saturated heterocycles. The molecule has 3 heteroatoms. The number of hydrogen-bond acceptors (Lipinski definition) is 1. The standard InChI is InChI=1S/C11H12NO2/c13-10-5-3-4-9(8-10)11(14)12-6-1-2-7-12/h3-5,8H,1-2,6-7H2. The van der Waals surface area contributed by atoms with Gasteiger partial charge in [-0.15, -0.1) is 0 Å². The van der Waals surface area contributed by atoms with Crippen molar-refractivity contribution in [3.63, 3.8) is 0 Å². The molecule has 1 aliphatic heterocycles. The van der Waals surface area contributed by atoms with Gasteiger partial charge in [-0.05, 0) is 31.0 Å². The average molecular weight is 190 g/mol. The lowest BCUT2D eigenvalue weighted by Gasteiger charge is -2.14. The molecule has 1 amide bonds. The van der Waals surface area contributed by atoms with Crippen LogP contribution >= 0.6 is 0 Å². The molecule has 3 nitrogen and oxygen atoms in total. The van der Waals surface area contributed by atoms with E-state index >= 15 is 0 Å². The number of likely N-dealkylation sites (tertiary alicyclic amines) is 1. The molecule has 0 spiro atoms. The number of carbonyl (C=O) groups excluding carboxylic acids is 1. The van der Waals surface area contributed by atoms with Crippen LogP contribution in [0, 0.1) is 0 Å². The van der Waals surface area contributed by atoms with Crippen molar-refractivity contribution in [2.75, 3.05) is 13.1 Å². The van der Waals surface area contributed by atoms with Crippen LogP contribution in [0.4, 0.5) is 0 Å². The molecule has 0 atom stereocenters. The predicted octanol–water partition coefficient (Wildman–Crippen LogP) is 2.07. The summed E-state index contributed by atoms with van der Waals surface area (Å²) in [6.07, 6.45) is 2.14. The molecule has 1 radical (unpaired) electrons. The lowest BCUT2D eigenvalue weighted by molar-refractivity contribution is 0.0792. The molecule has 73 valence electrons. The van der Waals surface area contributed by atoms with E-state index in [1.165, 1.54) is 12.1 Å². The normalized spacial score (nSPS) is 15.9. The van der Waals surface area contributed by atoms with Gasteiger partial charge in [0.05, 0.1) is 0 Å². The van der Waals surface area contributed by atoms with Crippen LogP contribution in [0.3, 0.4) is 0 Å². The summed E-state index contributed by atoms with van der Waals surface area (Å²) in [6, 6.07) is 6.19. The molecule has 0 unspecified atom stereocenters. The van der Waals surface area contributed by atoms with Crippen molar-refractivity contribution < 1.29 is 9.90 Å². The van der Waals surface area contributed by atoms with E-state index < -0.39 is 0 Å². The van der Waals surface area contributed by atoms with Crippen LogP contribution < -0.4 is 0 Å². The Morgan fingerprint density at radius 1 is 1.21 bits per heavy atom. The molecular formula is C11H12NO2. The Hall–Kier alpha value is -1.51. The summed E-state index contributed by atoms with van der Waals surface area (Å²) in [5, 5.41) is 11.0. The minimum atomic E-state index is -0.102. The van der Waals surface area contributed by atoms with Crippen LogP contribution in [0.15, 0.2) is 24.3 Å². The third-order valence-electron chi connectivity index (χ3n) is 2.47. The first-order chi connectivity index (χ1) is 6.77. The summed E-state index contributed by atoms with van der Waals surface area (Å²) < 4.78 is 0. The van der Waals surface area contributed by atoms with E-state index in [4.69, 9.17) is 0 Å². The third kappa shape index (κ3) is 1.71. The van der Waals surface area contributed by atoms with Crippen LogP contribution in [0.2, 0.25) is 0 Å². The summed E-state index contributed by atoms with van der Waals surface area (Å²) in [5.41, 5.74) is 0.513. The van der Waals surface area contributed by atoms with Gasteiger partial charge in [0.2, 0.25) is 0 Å². The molecule has 0 aliphatic carbocycles. The van der Waals surface area contributed by atoms with Gasteiger partial charge >= 0.3 is 0 Å². The van der Waals surface area contributed by atoms with Gasteiger partial charge in [-0.25, -0.2) is 0 Å². The molecule has 1 aromatic rings. The number of amides is 1. The highest BCUT2D eigenvalue weighted by Crippen LogP contribution is 2.16. The van der Waals surface area contributed by atoms with Crippen molar-refractivity contribution >= 4 is 5.91 Å². The monoisotopic (exact) mass is 190 g/mol. The minimum Gasteiger partial charge on any atom is -0.339 e. The van der Waals surface area contributed by atoms with Gasteiger partial charge in [-0.3, -0.25) is 9.90 Å². The highest BCUT2D eigenvalue weighted by atomic mass is 16.3. The summed E-state index contributed by atoms with van der Waals surface area (Å²) in [7, 11) is 0. The highest BCUT2D eigenvalue weighted by molar-refractivity contribution is 5.94. The second-order valence-corrected chi connectivity index (χ2v) is 3.53. The average Bonchev–Trinajstić information content (AvgIpc) is 2.69. The highest BCUT2D eigenvalue weighted by Gasteiger charge is 2.19. The maximum Gasteiger partial charge on any atom is 0.253 e. The van der Waals surface area contributed by atoms with Gasteiger partial charge in [0.15, 0.2) is 5.75 Å². The van der Waals surface area contributed by atoms with Gasteiger partial charge in [0.25, 0.3) is 5.91 Å². The van der Waals surface area contributed by atoms with Gasteiger partial charge in [-0.1, -0.05) is 6.07 Å². The van der Waals surface area contributed by atoms with E-state index in [0.717, 1.165) is 25.9 Å². The Kier molecular flexibility index (Phi) is 2.39. The molecule has 0 saturated carbocycles. The fourth-order valence-electron chi connectivity index (χ4n) is 1.73. The zero-order valence-electron chi connectivity index (χ0n) is 7.90. The van der Waals surface area contributed by atoms with Crippen LogP contribution in [0.5, 0.6) is 5.75 Å². The largest absolute Gasteiger partial charge is 0.339 e. The van der Waals surface area contributed by atoms with Gasteiger partial charge < -0.3 is 4.90 Å². The zero-order valence-corrected chi connectivity index (χ0v) is 7.90. The molecule has 2 rings (SSSR count). The van der Waals surface area contributed by atoms with E-state index in [1.54, 1.807) is 17.0 Å². The fraction of sp³-hybridized carbons (Fsp3) is 0.364. The van der Waals surface area contributed by atoms with E-state index in [1.807, 2.05) is 0 Å². The van der Waals surface area contributed by atoms with Gasteiger partial charge in [-0.2, -0.15) is 0 Å². The number of carbonyl (C=O) groups is 1. The Balaban J connectivity index is 2.17. The number of benzene rings is 1. The molecular weight excluding hydrogens is 178 g/mol. The maximum absolute atomic E-state index is 11.8. The second-order valence-electron chi connectivity index (χ2n) is 3.53. The molecule has 0 N–H and O–H groups in total. The maximum atomic E-state index is 11.8. The lowest BCUT2D eigenvalue weighted by Crippen LogP contribution is -2.27. The fourth-order valence-corrected chi connectivity index (χ4v) is 1.73. The van der Waals surface area contributed by atoms with Crippen molar-refractivity contribution in [1.29, 1.82) is 0 Å². The lowest BCUT2D eigenvalue weighted by atomic mass is 10.2. The van der Waals surface area contributed by atoms with Gasteiger partial charge in [0, 0.05) is 18.7 Å². The van der Waals surface area contributed by atoms with E-state index in [9.17, 15) is 9.90 Å². The van der Waals surface area contributed by atoms with Crippen molar-refractivity contribution in [2.45, 2.75) is 12.8 Å². The first-order valence-corrected chi connectivity index (χ1v) is 4.84. The van der Waals surface area contributed by atoms with Crippen LogP contribution in [-0.4, -0.2) is 23.9 Å². The van der Waals surface area contributed by atoms with Crippen molar-refractivity contribution in [1.82, 2.24) is 4.90 Å². The van der Waals surface area contributed by atoms with Crippen LogP contribution in [0.25, 0.3) is 0 Å². The first-order valence-electron chi connectivity index (χ1n) is 4.84. The molecule has 0 aromatic heterocycles. The molecule has 1 aliphatic rings. The first kappa shape index (κ1) is 9.06.